The van der Waals surface area contributed by atoms with Gasteiger partial charge in [-0.1, -0.05) is 11.6 Å². The highest BCUT2D eigenvalue weighted by Gasteiger charge is 2.20. The highest BCUT2D eigenvalue weighted by atomic mass is 16.6. The summed E-state index contributed by atoms with van der Waals surface area (Å²) in [6.45, 7) is 1.63. The maximum Gasteiger partial charge on any atom is 0.251 e. The number of hydrogen-bond acceptors (Lipinski definition) is 4. The Morgan fingerprint density at radius 1 is 1.26 bits per heavy atom. The summed E-state index contributed by atoms with van der Waals surface area (Å²) in [6, 6.07) is 3.41. The zero-order chi connectivity index (χ0) is 16.1. The van der Waals surface area contributed by atoms with E-state index in [-0.39, 0.29) is 5.91 Å². The number of benzene rings is 1. The average Bonchev–Trinajstić information content (AvgIpc) is 2.61. The summed E-state index contributed by atoms with van der Waals surface area (Å²) >= 11 is 0. The van der Waals surface area contributed by atoms with Gasteiger partial charge in [0.05, 0.1) is 7.11 Å². The second kappa shape index (κ2) is 7.40. The SMILES string of the molecule is COc1cc(C(=O)NCCC2=CCCCC2)cc2c1OCCO2. The van der Waals surface area contributed by atoms with Crippen molar-refractivity contribution in [1.82, 2.24) is 5.32 Å². The Morgan fingerprint density at radius 2 is 2.13 bits per heavy atom. The van der Waals surface area contributed by atoms with Gasteiger partial charge in [-0.05, 0) is 44.2 Å². The molecule has 0 aromatic heterocycles. The standard InChI is InChI=1S/C18H23NO4/c1-21-15-11-14(12-16-17(15)23-10-9-22-16)18(20)19-8-7-13-5-3-2-4-6-13/h5,11-12H,2-4,6-10H2,1H3,(H,19,20). The highest BCUT2D eigenvalue weighted by Crippen LogP contribution is 2.40. The Hall–Kier alpha value is -2.17. The molecule has 5 heteroatoms. The molecule has 1 aromatic carbocycles. The van der Waals surface area contributed by atoms with Crippen LogP contribution in [0.3, 0.4) is 0 Å². The zero-order valence-corrected chi connectivity index (χ0v) is 13.5. The Morgan fingerprint density at radius 3 is 2.91 bits per heavy atom. The van der Waals surface area contributed by atoms with Gasteiger partial charge >= 0.3 is 0 Å². The zero-order valence-electron chi connectivity index (χ0n) is 13.5. The molecule has 0 atom stereocenters. The van der Waals surface area contributed by atoms with Gasteiger partial charge in [-0.15, -0.1) is 0 Å². The van der Waals surface area contributed by atoms with Crippen LogP contribution in [0.15, 0.2) is 23.8 Å². The predicted octanol–water partition coefficient (Wildman–Crippen LogP) is 3.09. The molecule has 1 aliphatic carbocycles. The number of ether oxygens (including phenoxy) is 3. The van der Waals surface area contributed by atoms with Crippen LogP contribution in [0, 0.1) is 0 Å². The molecule has 0 fully saturated rings. The monoisotopic (exact) mass is 317 g/mol. The van der Waals surface area contributed by atoms with E-state index in [1.54, 1.807) is 19.2 Å². The van der Waals surface area contributed by atoms with Gasteiger partial charge < -0.3 is 19.5 Å². The van der Waals surface area contributed by atoms with Crippen molar-refractivity contribution < 1.29 is 19.0 Å². The Labute approximate surface area is 136 Å². The molecule has 0 unspecified atom stereocenters. The Bertz CT molecular complexity index is 592. The molecule has 1 aliphatic heterocycles. The summed E-state index contributed by atoms with van der Waals surface area (Å²) < 4.78 is 16.4. The second-order valence-corrected chi connectivity index (χ2v) is 5.82. The van der Waals surface area contributed by atoms with Crippen molar-refractivity contribution in [2.75, 3.05) is 26.9 Å². The van der Waals surface area contributed by atoms with Crippen molar-refractivity contribution in [3.63, 3.8) is 0 Å². The van der Waals surface area contributed by atoms with Gasteiger partial charge in [0.2, 0.25) is 5.75 Å². The third-order valence-corrected chi connectivity index (χ3v) is 4.21. The Balaban J connectivity index is 1.63. The summed E-state index contributed by atoms with van der Waals surface area (Å²) in [6.07, 6.45) is 8.11. The van der Waals surface area contributed by atoms with E-state index in [0.717, 1.165) is 12.8 Å². The number of hydrogen-bond donors (Lipinski definition) is 1. The van der Waals surface area contributed by atoms with E-state index in [0.29, 0.717) is 42.6 Å². The number of methoxy groups -OCH3 is 1. The topological polar surface area (TPSA) is 56.8 Å². The fraction of sp³-hybridized carbons (Fsp3) is 0.500. The minimum absolute atomic E-state index is 0.114. The van der Waals surface area contributed by atoms with Gasteiger partial charge in [-0.2, -0.15) is 0 Å². The van der Waals surface area contributed by atoms with E-state index < -0.39 is 0 Å². The Kier molecular flexibility index (Phi) is 5.05. The molecular formula is C18H23NO4. The molecule has 0 bridgehead atoms. The van der Waals surface area contributed by atoms with Crippen LogP contribution in [0.25, 0.3) is 0 Å². The van der Waals surface area contributed by atoms with Crippen LogP contribution in [0.5, 0.6) is 17.2 Å². The number of rotatable bonds is 5. The molecule has 1 aromatic rings. The first-order valence-electron chi connectivity index (χ1n) is 8.21. The van der Waals surface area contributed by atoms with Crippen LogP contribution in [-0.2, 0) is 0 Å². The van der Waals surface area contributed by atoms with Crippen LogP contribution in [0.4, 0.5) is 0 Å². The van der Waals surface area contributed by atoms with E-state index in [2.05, 4.69) is 11.4 Å². The molecule has 124 valence electrons. The summed E-state index contributed by atoms with van der Waals surface area (Å²) in [5.74, 6) is 1.55. The number of carbonyl (C=O) groups is 1. The lowest BCUT2D eigenvalue weighted by atomic mass is 9.97. The van der Waals surface area contributed by atoms with Crippen LogP contribution in [-0.4, -0.2) is 32.8 Å². The third kappa shape index (κ3) is 3.78. The maximum atomic E-state index is 12.4. The van der Waals surface area contributed by atoms with Crippen LogP contribution < -0.4 is 19.5 Å². The molecule has 3 rings (SSSR count). The van der Waals surface area contributed by atoms with Gasteiger partial charge in [0.25, 0.3) is 5.91 Å². The van der Waals surface area contributed by atoms with Gasteiger partial charge in [0, 0.05) is 12.1 Å². The van der Waals surface area contributed by atoms with Crippen molar-refractivity contribution in [3.8, 4) is 17.2 Å². The highest BCUT2D eigenvalue weighted by molar-refractivity contribution is 5.95. The number of amides is 1. The molecular weight excluding hydrogens is 294 g/mol. The van der Waals surface area contributed by atoms with Gasteiger partial charge in [0.15, 0.2) is 11.5 Å². The van der Waals surface area contributed by atoms with Crippen LogP contribution in [0.1, 0.15) is 42.5 Å². The smallest absolute Gasteiger partial charge is 0.251 e. The van der Waals surface area contributed by atoms with E-state index in [4.69, 9.17) is 14.2 Å². The molecule has 0 saturated carbocycles. The van der Waals surface area contributed by atoms with Crippen molar-refractivity contribution >= 4 is 5.91 Å². The number of nitrogens with one attached hydrogen (secondary N) is 1. The van der Waals surface area contributed by atoms with Crippen molar-refractivity contribution in [1.29, 1.82) is 0 Å². The molecule has 1 heterocycles. The van der Waals surface area contributed by atoms with E-state index >= 15 is 0 Å². The molecule has 0 radical (unpaired) electrons. The van der Waals surface area contributed by atoms with E-state index in [9.17, 15) is 4.79 Å². The normalized spacial score (nSPS) is 16.5. The number of carbonyl (C=O) groups excluding carboxylic acids is 1. The minimum Gasteiger partial charge on any atom is -0.493 e. The molecule has 1 N–H and O–H groups in total. The number of fused-ring (bicyclic) bond motifs is 1. The third-order valence-electron chi connectivity index (χ3n) is 4.21. The molecule has 0 saturated heterocycles. The summed E-state index contributed by atoms with van der Waals surface area (Å²) in [4.78, 5) is 12.4. The van der Waals surface area contributed by atoms with E-state index in [1.807, 2.05) is 0 Å². The first-order valence-corrected chi connectivity index (χ1v) is 8.21. The molecule has 23 heavy (non-hydrogen) atoms. The van der Waals surface area contributed by atoms with Gasteiger partial charge in [0.1, 0.15) is 13.2 Å². The summed E-state index contributed by atoms with van der Waals surface area (Å²) in [5, 5.41) is 2.97. The fourth-order valence-corrected chi connectivity index (χ4v) is 2.97. The lowest BCUT2D eigenvalue weighted by Crippen LogP contribution is -2.25. The predicted molar refractivity (Wildman–Crippen MR) is 87.5 cm³/mol. The van der Waals surface area contributed by atoms with Gasteiger partial charge in [-0.25, -0.2) is 0 Å². The van der Waals surface area contributed by atoms with Crippen molar-refractivity contribution in [2.45, 2.75) is 32.1 Å². The molecule has 1 amide bonds. The quantitative estimate of drug-likeness (QED) is 0.848. The van der Waals surface area contributed by atoms with Gasteiger partial charge in [-0.3, -0.25) is 4.79 Å². The van der Waals surface area contributed by atoms with Crippen LogP contribution in [0.2, 0.25) is 0 Å². The van der Waals surface area contributed by atoms with Crippen molar-refractivity contribution in [3.05, 3.63) is 29.3 Å². The van der Waals surface area contributed by atoms with E-state index in [1.165, 1.54) is 24.8 Å². The lowest BCUT2D eigenvalue weighted by Gasteiger charge is -2.21. The van der Waals surface area contributed by atoms with Crippen molar-refractivity contribution in [2.24, 2.45) is 0 Å². The summed E-state index contributed by atoms with van der Waals surface area (Å²) in [7, 11) is 1.56. The maximum absolute atomic E-state index is 12.4. The first-order chi connectivity index (χ1) is 11.3. The fourth-order valence-electron chi connectivity index (χ4n) is 2.97. The first kappa shape index (κ1) is 15.7. The minimum atomic E-state index is -0.114. The number of allylic oxidation sites excluding steroid dienone is 1. The second-order valence-electron chi connectivity index (χ2n) is 5.82. The molecule has 0 spiro atoms. The average molecular weight is 317 g/mol. The summed E-state index contributed by atoms with van der Waals surface area (Å²) in [5.41, 5.74) is 1.99. The molecule has 5 nitrogen and oxygen atoms in total. The molecule has 2 aliphatic rings. The van der Waals surface area contributed by atoms with Crippen LogP contribution >= 0.6 is 0 Å². The largest absolute Gasteiger partial charge is 0.493 e. The lowest BCUT2D eigenvalue weighted by molar-refractivity contribution is 0.0952.